The van der Waals surface area contributed by atoms with Crippen LogP contribution in [0.3, 0.4) is 0 Å². The fourth-order valence-electron chi connectivity index (χ4n) is 3.30. The van der Waals surface area contributed by atoms with Crippen LogP contribution in [0.5, 0.6) is 0 Å². The van der Waals surface area contributed by atoms with Crippen molar-refractivity contribution in [2.24, 2.45) is 0 Å². The van der Waals surface area contributed by atoms with Crippen LogP contribution in [-0.4, -0.2) is 5.91 Å². The molecule has 0 unspecified atom stereocenters. The van der Waals surface area contributed by atoms with Gasteiger partial charge in [-0.3, -0.25) is 4.79 Å². The van der Waals surface area contributed by atoms with Gasteiger partial charge in [0.1, 0.15) is 0 Å². The lowest BCUT2D eigenvalue weighted by atomic mass is 9.78. The monoisotopic (exact) mass is 290 g/mol. The zero-order valence-corrected chi connectivity index (χ0v) is 12.4. The predicted octanol–water partition coefficient (Wildman–Crippen LogP) is 4.01. The number of carbonyl (C=O) groups is 1. The Hall–Kier alpha value is -2.60. The first kappa shape index (κ1) is 14.3. The highest BCUT2D eigenvalue weighted by Crippen LogP contribution is 2.42. The van der Waals surface area contributed by atoms with E-state index in [1.54, 1.807) is 18.2 Å². The standard InChI is InChI=1S/C19H18N2O/c20-14-15-7-6-10-17(13-15)21-18(22)19(11-4-5-12-19)16-8-2-1-3-9-16/h1-3,6-10,13H,4-5,11-12H2,(H,21,22). The molecule has 0 aliphatic heterocycles. The Balaban J connectivity index is 1.89. The second-order valence-electron chi connectivity index (χ2n) is 5.80. The van der Waals surface area contributed by atoms with Crippen LogP contribution in [-0.2, 0) is 10.2 Å². The molecule has 0 atom stereocenters. The van der Waals surface area contributed by atoms with Crippen LogP contribution in [0.4, 0.5) is 5.69 Å². The number of anilines is 1. The van der Waals surface area contributed by atoms with E-state index in [1.165, 1.54) is 0 Å². The highest BCUT2D eigenvalue weighted by molar-refractivity contribution is 5.99. The van der Waals surface area contributed by atoms with Crippen LogP contribution < -0.4 is 5.32 Å². The molecular weight excluding hydrogens is 272 g/mol. The van der Waals surface area contributed by atoms with Crippen LogP contribution in [0.15, 0.2) is 54.6 Å². The Morgan fingerprint density at radius 2 is 1.77 bits per heavy atom. The molecule has 1 aliphatic rings. The molecule has 1 aliphatic carbocycles. The van der Waals surface area contributed by atoms with E-state index in [-0.39, 0.29) is 5.91 Å². The summed E-state index contributed by atoms with van der Waals surface area (Å²) in [5.74, 6) is 0.0336. The summed E-state index contributed by atoms with van der Waals surface area (Å²) in [5, 5.41) is 12.0. The van der Waals surface area contributed by atoms with Gasteiger partial charge in [-0.05, 0) is 36.6 Å². The molecule has 22 heavy (non-hydrogen) atoms. The number of nitrogens with zero attached hydrogens (tertiary/aromatic N) is 1. The summed E-state index contributed by atoms with van der Waals surface area (Å²) in [6, 6.07) is 19.2. The lowest BCUT2D eigenvalue weighted by Gasteiger charge is -2.28. The maximum absolute atomic E-state index is 12.9. The lowest BCUT2D eigenvalue weighted by molar-refractivity contribution is -0.121. The fourth-order valence-corrected chi connectivity index (χ4v) is 3.30. The Bertz CT molecular complexity index is 710. The molecule has 1 amide bonds. The van der Waals surface area contributed by atoms with Gasteiger partial charge in [0, 0.05) is 5.69 Å². The molecule has 0 bridgehead atoms. The van der Waals surface area contributed by atoms with Crippen molar-refractivity contribution >= 4 is 11.6 Å². The normalized spacial score (nSPS) is 16.0. The van der Waals surface area contributed by atoms with Crippen molar-refractivity contribution in [1.82, 2.24) is 0 Å². The van der Waals surface area contributed by atoms with Crippen molar-refractivity contribution in [2.75, 3.05) is 5.32 Å². The van der Waals surface area contributed by atoms with Crippen molar-refractivity contribution in [2.45, 2.75) is 31.1 Å². The average Bonchev–Trinajstić information content (AvgIpc) is 3.07. The third-order valence-electron chi connectivity index (χ3n) is 4.47. The number of rotatable bonds is 3. The summed E-state index contributed by atoms with van der Waals surface area (Å²) in [5.41, 5.74) is 1.88. The molecular formula is C19H18N2O. The molecule has 1 N–H and O–H groups in total. The molecule has 0 spiro atoms. The smallest absolute Gasteiger partial charge is 0.235 e. The molecule has 3 nitrogen and oxygen atoms in total. The van der Waals surface area contributed by atoms with Crippen molar-refractivity contribution < 1.29 is 4.79 Å². The van der Waals surface area contributed by atoms with Gasteiger partial charge >= 0.3 is 0 Å². The molecule has 0 heterocycles. The van der Waals surface area contributed by atoms with E-state index in [1.807, 2.05) is 36.4 Å². The van der Waals surface area contributed by atoms with E-state index in [9.17, 15) is 4.79 Å². The summed E-state index contributed by atoms with van der Waals surface area (Å²) in [7, 11) is 0. The van der Waals surface area contributed by atoms with Gasteiger partial charge in [0.25, 0.3) is 0 Å². The number of nitriles is 1. The summed E-state index contributed by atoms with van der Waals surface area (Å²) >= 11 is 0. The minimum atomic E-state index is -0.441. The van der Waals surface area contributed by atoms with Crippen molar-refractivity contribution in [3.8, 4) is 6.07 Å². The Morgan fingerprint density at radius 1 is 1.05 bits per heavy atom. The number of hydrogen-bond acceptors (Lipinski definition) is 2. The first-order chi connectivity index (χ1) is 10.7. The van der Waals surface area contributed by atoms with E-state index >= 15 is 0 Å². The van der Waals surface area contributed by atoms with Gasteiger partial charge in [0.15, 0.2) is 0 Å². The molecule has 0 aromatic heterocycles. The number of carbonyl (C=O) groups excluding carboxylic acids is 1. The summed E-state index contributed by atoms with van der Waals surface area (Å²) in [4.78, 5) is 12.9. The van der Waals surface area contributed by atoms with E-state index in [4.69, 9.17) is 5.26 Å². The Labute approximate surface area is 130 Å². The second kappa shape index (κ2) is 6.03. The molecule has 2 aromatic rings. The fraction of sp³-hybridized carbons (Fsp3) is 0.263. The van der Waals surface area contributed by atoms with Crippen LogP contribution in [0.2, 0.25) is 0 Å². The topological polar surface area (TPSA) is 52.9 Å². The van der Waals surface area contributed by atoms with Crippen LogP contribution in [0.1, 0.15) is 36.8 Å². The highest BCUT2D eigenvalue weighted by Gasteiger charge is 2.42. The summed E-state index contributed by atoms with van der Waals surface area (Å²) in [6.45, 7) is 0. The van der Waals surface area contributed by atoms with Gasteiger partial charge in [-0.2, -0.15) is 5.26 Å². The van der Waals surface area contributed by atoms with E-state index in [0.29, 0.717) is 11.3 Å². The summed E-state index contributed by atoms with van der Waals surface area (Å²) < 4.78 is 0. The molecule has 1 saturated carbocycles. The maximum atomic E-state index is 12.9. The van der Waals surface area contributed by atoms with Crippen molar-refractivity contribution in [3.05, 3.63) is 65.7 Å². The summed E-state index contributed by atoms with van der Waals surface area (Å²) in [6.07, 6.45) is 3.89. The number of hydrogen-bond donors (Lipinski definition) is 1. The van der Waals surface area contributed by atoms with E-state index < -0.39 is 5.41 Å². The Kier molecular flexibility index (Phi) is 3.93. The van der Waals surface area contributed by atoms with E-state index in [0.717, 1.165) is 31.2 Å². The molecule has 110 valence electrons. The zero-order valence-electron chi connectivity index (χ0n) is 12.4. The predicted molar refractivity (Wildman–Crippen MR) is 86.4 cm³/mol. The van der Waals surface area contributed by atoms with Crippen molar-refractivity contribution in [1.29, 1.82) is 5.26 Å². The molecule has 0 saturated heterocycles. The number of nitrogens with one attached hydrogen (secondary N) is 1. The van der Waals surface area contributed by atoms with Crippen LogP contribution in [0, 0.1) is 11.3 Å². The van der Waals surface area contributed by atoms with Gasteiger partial charge in [0.05, 0.1) is 17.0 Å². The third kappa shape index (κ3) is 2.60. The number of amides is 1. The van der Waals surface area contributed by atoms with E-state index in [2.05, 4.69) is 11.4 Å². The first-order valence-electron chi connectivity index (χ1n) is 7.62. The lowest BCUT2D eigenvalue weighted by Crippen LogP contribution is -2.37. The molecule has 3 rings (SSSR count). The Morgan fingerprint density at radius 3 is 2.45 bits per heavy atom. The van der Waals surface area contributed by atoms with Gasteiger partial charge in [-0.1, -0.05) is 49.2 Å². The quantitative estimate of drug-likeness (QED) is 0.928. The van der Waals surface area contributed by atoms with Gasteiger partial charge < -0.3 is 5.32 Å². The van der Waals surface area contributed by atoms with Crippen LogP contribution >= 0.6 is 0 Å². The minimum absolute atomic E-state index is 0.0336. The first-order valence-corrected chi connectivity index (χ1v) is 7.62. The van der Waals surface area contributed by atoms with Gasteiger partial charge in [-0.25, -0.2) is 0 Å². The molecule has 0 radical (unpaired) electrons. The minimum Gasteiger partial charge on any atom is -0.325 e. The van der Waals surface area contributed by atoms with Crippen molar-refractivity contribution in [3.63, 3.8) is 0 Å². The molecule has 3 heteroatoms. The third-order valence-corrected chi connectivity index (χ3v) is 4.47. The molecule has 1 fully saturated rings. The number of benzene rings is 2. The highest BCUT2D eigenvalue weighted by atomic mass is 16.2. The average molecular weight is 290 g/mol. The SMILES string of the molecule is N#Cc1cccc(NC(=O)C2(c3ccccc3)CCCC2)c1. The largest absolute Gasteiger partial charge is 0.325 e. The maximum Gasteiger partial charge on any atom is 0.235 e. The zero-order chi connectivity index (χ0) is 15.4. The van der Waals surface area contributed by atoms with Crippen LogP contribution in [0.25, 0.3) is 0 Å². The van der Waals surface area contributed by atoms with Gasteiger partial charge in [0.2, 0.25) is 5.91 Å². The second-order valence-corrected chi connectivity index (χ2v) is 5.80. The molecule has 2 aromatic carbocycles. The van der Waals surface area contributed by atoms with Gasteiger partial charge in [-0.15, -0.1) is 0 Å².